The molecule has 0 aliphatic heterocycles. The molecule has 0 saturated heterocycles. The Bertz CT molecular complexity index is 410. The lowest BCUT2D eigenvalue weighted by Crippen LogP contribution is -2.47. The Hall–Kier alpha value is -0.860. The zero-order valence-electron chi connectivity index (χ0n) is 11.7. The lowest BCUT2D eigenvalue weighted by Gasteiger charge is -2.43. The average molecular weight is 247 g/mol. The van der Waals surface area contributed by atoms with Gasteiger partial charge in [-0.2, -0.15) is 0 Å². The van der Waals surface area contributed by atoms with Gasteiger partial charge >= 0.3 is 0 Å². The smallest absolute Gasteiger partial charge is 0.0936 e. The van der Waals surface area contributed by atoms with Crippen molar-refractivity contribution in [1.29, 1.82) is 0 Å². The maximum atomic E-state index is 11.1. The molecule has 0 aromatic heterocycles. The van der Waals surface area contributed by atoms with Gasteiger partial charge in [0.2, 0.25) is 0 Å². The van der Waals surface area contributed by atoms with E-state index in [0.717, 1.165) is 18.4 Å². The van der Waals surface area contributed by atoms with Gasteiger partial charge in [-0.3, -0.25) is 0 Å². The van der Waals surface area contributed by atoms with Gasteiger partial charge in [0.1, 0.15) is 0 Å². The Morgan fingerprint density at radius 2 is 2.00 bits per heavy atom. The minimum atomic E-state index is -0.833. The Labute approximate surface area is 110 Å². The maximum Gasteiger partial charge on any atom is 0.0936 e. The number of aliphatic hydroxyl groups is 1. The van der Waals surface area contributed by atoms with Crippen LogP contribution in [0.25, 0.3) is 0 Å². The summed E-state index contributed by atoms with van der Waals surface area (Å²) in [5, 5.41) is 11.1. The van der Waals surface area contributed by atoms with Crippen molar-refractivity contribution in [2.45, 2.75) is 45.6 Å². The first-order chi connectivity index (χ1) is 8.41. The van der Waals surface area contributed by atoms with E-state index in [-0.39, 0.29) is 5.41 Å². The molecule has 100 valence electrons. The summed E-state index contributed by atoms with van der Waals surface area (Å²) in [5.74, 6) is 0.658. The van der Waals surface area contributed by atoms with Gasteiger partial charge in [0.05, 0.1) is 5.60 Å². The fourth-order valence-electron chi connectivity index (χ4n) is 3.40. The summed E-state index contributed by atoms with van der Waals surface area (Å²) in [7, 11) is 0. The van der Waals surface area contributed by atoms with E-state index in [1.165, 1.54) is 12.0 Å². The first kappa shape index (κ1) is 13.6. The Morgan fingerprint density at radius 1 is 1.39 bits per heavy atom. The Kier molecular flexibility index (Phi) is 3.52. The zero-order chi connectivity index (χ0) is 13.4. The molecule has 3 atom stereocenters. The number of nitrogens with two attached hydrogens (primary N) is 1. The van der Waals surface area contributed by atoms with E-state index in [2.05, 4.69) is 26.0 Å². The number of rotatable bonds is 3. The normalized spacial score (nSPS) is 31.3. The van der Waals surface area contributed by atoms with E-state index in [4.69, 9.17) is 5.73 Å². The van der Waals surface area contributed by atoms with Gasteiger partial charge in [0.15, 0.2) is 0 Å². The minimum absolute atomic E-state index is 0.165. The van der Waals surface area contributed by atoms with Crippen LogP contribution < -0.4 is 5.73 Å². The van der Waals surface area contributed by atoms with Crippen LogP contribution in [0.4, 0.5) is 0 Å². The summed E-state index contributed by atoms with van der Waals surface area (Å²) >= 11 is 0. The van der Waals surface area contributed by atoms with Crippen LogP contribution in [0.3, 0.4) is 0 Å². The molecular formula is C16H25NO. The van der Waals surface area contributed by atoms with Crippen LogP contribution in [0.1, 0.15) is 44.2 Å². The van der Waals surface area contributed by atoms with Crippen molar-refractivity contribution in [3.63, 3.8) is 0 Å². The van der Waals surface area contributed by atoms with Gasteiger partial charge in [-0.05, 0) is 44.6 Å². The van der Waals surface area contributed by atoms with E-state index in [9.17, 15) is 5.11 Å². The van der Waals surface area contributed by atoms with Crippen LogP contribution in [-0.4, -0.2) is 11.7 Å². The highest BCUT2D eigenvalue weighted by atomic mass is 16.3. The molecule has 1 aromatic rings. The van der Waals surface area contributed by atoms with Crippen LogP contribution in [0.2, 0.25) is 0 Å². The predicted molar refractivity (Wildman–Crippen MR) is 75.3 cm³/mol. The summed E-state index contributed by atoms with van der Waals surface area (Å²) in [6, 6.07) is 8.20. The highest BCUT2D eigenvalue weighted by Crippen LogP contribution is 2.52. The average Bonchev–Trinajstić information content (AvgIpc) is 2.73. The van der Waals surface area contributed by atoms with Crippen molar-refractivity contribution in [2.24, 2.45) is 17.1 Å². The van der Waals surface area contributed by atoms with Gasteiger partial charge in [0.25, 0.3) is 0 Å². The van der Waals surface area contributed by atoms with Crippen LogP contribution in [-0.2, 0) is 5.60 Å². The van der Waals surface area contributed by atoms with Crippen molar-refractivity contribution >= 4 is 0 Å². The molecule has 18 heavy (non-hydrogen) atoms. The molecule has 0 heterocycles. The lowest BCUT2D eigenvalue weighted by atomic mass is 9.67. The molecule has 1 fully saturated rings. The number of hydrogen-bond acceptors (Lipinski definition) is 2. The van der Waals surface area contributed by atoms with E-state index >= 15 is 0 Å². The quantitative estimate of drug-likeness (QED) is 0.862. The van der Waals surface area contributed by atoms with Gasteiger partial charge < -0.3 is 10.8 Å². The van der Waals surface area contributed by atoms with Gasteiger partial charge in [-0.15, -0.1) is 0 Å². The molecule has 3 N–H and O–H groups in total. The standard InChI is InChI=1S/C16H25NO/c1-12-4-6-14(7-5-12)15(3,18)16(11-17)9-8-13(2)10-16/h4-7,13,18H,8-11,17H2,1-3H3. The molecule has 3 unspecified atom stereocenters. The molecule has 1 aliphatic carbocycles. The van der Waals surface area contributed by atoms with E-state index in [0.29, 0.717) is 12.5 Å². The highest BCUT2D eigenvalue weighted by molar-refractivity contribution is 5.29. The third-order valence-electron chi connectivity index (χ3n) is 4.89. The van der Waals surface area contributed by atoms with Gasteiger partial charge in [0, 0.05) is 12.0 Å². The second-order valence-corrected chi connectivity index (χ2v) is 6.27. The first-order valence-electron chi connectivity index (χ1n) is 6.91. The van der Waals surface area contributed by atoms with E-state index in [1.807, 2.05) is 19.1 Å². The molecule has 1 aliphatic rings. The molecule has 2 nitrogen and oxygen atoms in total. The molecule has 0 amide bonds. The van der Waals surface area contributed by atoms with Crippen molar-refractivity contribution in [3.05, 3.63) is 35.4 Å². The van der Waals surface area contributed by atoms with Crippen LogP contribution in [0.5, 0.6) is 0 Å². The van der Waals surface area contributed by atoms with Crippen LogP contribution in [0.15, 0.2) is 24.3 Å². The highest BCUT2D eigenvalue weighted by Gasteiger charge is 2.50. The summed E-state index contributed by atoms with van der Waals surface area (Å²) < 4.78 is 0. The summed E-state index contributed by atoms with van der Waals surface area (Å²) in [5.41, 5.74) is 7.24. The largest absolute Gasteiger partial charge is 0.385 e. The SMILES string of the molecule is Cc1ccc(C(C)(O)C2(CN)CCC(C)C2)cc1. The number of aryl methyl sites for hydroxylation is 1. The molecule has 0 radical (unpaired) electrons. The fraction of sp³-hybridized carbons (Fsp3) is 0.625. The monoisotopic (exact) mass is 247 g/mol. The Morgan fingerprint density at radius 3 is 2.44 bits per heavy atom. The lowest BCUT2D eigenvalue weighted by molar-refractivity contribution is -0.0711. The molecule has 2 rings (SSSR count). The van der Waals surface area contributed by atoms with Crippen LogP contribution in [0, 0.1) is 18.3 Å². The third kappa shape index (κ3) is 2.08. The van der Waals surface area contributed by atoms with E-state index < -0.39 is 5.60 Å². The van der Waals surface area contributed by atoms with Gasteiger partial charge in [-0.1, -0.05) is 36.8 Å². The minimum Gasteiger partial charge on any atom is -0.385 e. The molecule has 2 heteroatoms. The van der Waals surface area contributed by atoms with Crippen molar-refractivity contribution < 1.29 is 5.11 Å². The molecular weight excluding hydrogens is 222 g/mol. The third-order valence-corrected chi connectivity index (χ3v) is 4.89. The molecule has 1 aromatic carbocycles. The first-order valence-corrected chi connectivity index (χ1v) is 6.91. The van der Waals surface area contributed by atoms with Crippen molar-refractivity contribution in [1.82, 2.24) is 0 Å². The van der Waals surface area contributed by atoms with Crippen molar-refractivity contribution in [2.75, 3.05) is 6.54 Å². The molecule has 0 bridgehead atoms. The van der Waals surface area contributed by atoms with Crippen molar-refractivity contribution in [3.8, 4) is 0 Å². The maximum absolute atomic E-state index is 11.1. The number of hydrogen-bond donors (Lipinski definition) is 2. The molecule has 0 spiro atoms. The molecule has 1 saturated carbocycles. The Balaban J connectivity index is 2.37. The summed E-state index contributed by atoms with van der Waals surface area (Å²) in [6.45, 7) is 6.80. The van der Waals surface area contributed by atoms with E-state index in [1.54, 1.807) is 0 Å². The summed E-state index contributed by atoms with van der Waals surface area (Å²) in [6.07, 6.45) is 3.20. The van der Waals surface area contributed by atoms with Crippen LogP contribution >= 0.6 is 0 Å². The predicted octanol–water partition coefficient (Wildman–Crippen LogP) is 2.97. The fourth-order valence-corrected chi connectivity index (χ4v) is 3.40. The van der Waals surface area contributed by atoms with Gasteiger partial charge in [-0.25, -0.2) is 0 Å². The topological polar surface area (TPSA) is 46.2 Å². The summed E-state index contributed by atoms with van der Waals surface area (Å²) in [4.78, 5) is 0. The zero-order valence-corrected chi connectivity index (χ0v) is 11.7. The second kappa shape index (κ2) is 4.67. The second-order valence-electron chi connectivity index (χ2n) is 6.27. The number of benzene rings is 1.